The molecule has 0 saturated heterocycles. The molecule has 3 N–H and O–H groups in total. The van der Waals surface area contributed by atoms with Gasteiger partial charge in [-0.3, -0.25) is 4.79 Å². The number of aliphatic hydroxyl groups excluding tert-OH is 2. The van der Waals surface area contributed by atoms with Gasteiger partial charge in [0.25, 0.3) is 0 Å². The molecular formula is C13H25NO3. The molecule has 17 heavy (non-hydrogen) atoms. The maximum atomic E-state index is 11.6. The van der Waals surface area contributed by atoms with Crippen LogP contribution in [0, 0.1) is 0 Å². The van der Waals surface area contributed by atoms with E-state index in [1.165, 1.54) is 25.7 Å². The standard InChI is InChI=1S/C13H25NO3/c15-10-12(16)8-5-9-13(17)14-11-6-3-1-2-4-7-11/h11-12,15-16H,1-10H2,(H,14,17). The summed E-state index contributed by atoms with van der Waals surface area (Å²) >= 11 is 0. The van der Waals surface area contributed by atoms with Gasteiger partial charge in [0, 0.05) is 12.5 Å². The Balaban J connectivity index is 2.10. The van der Waals surface area contributed by atoms with Crippen LogP contribution in [0.4, 0.5) is 0 Å². The van der Waals surface area contributed by atoms with Crippen molar-refractivity contribution in [3.63, 3.8) is 0 Å². The van der Waals surface area contributed by atoms with Gasteiger partial charge >= 0.3 is 0 Å². The van der Waals surface area contributed by atoms with E-state index < -0.39 is 6.10 Å². The average molecular weight is 243 g/mol. The Morgan fingerprint density at radius 2 is 1.88 bits per heavy atom. The zero-order valence-electron chi connectivity index (χ0n) is 10.5. The second-order valence-electron chi connectivity index (χ2n) is 4.98. The van der Waals surface area contributed by atoms with E-state index in [1.54, 1.807) is 0 Å². The summed E-state index contributed by atoms with van der Waals surface area (Å²) in [6, 6.07) is 0.354. The average Bonchev–Trinajstić information content (AvgIpc) is 2.57. The van der Waals surface area contributed by atoms with Crippen molar-refractivity contribution < 1.29 is 15.0 Å². The van der Waals surface area contributed by atoms with Crippen LogP contribution in [-0.2, 0) is 4.79 Å². The van der Waals surface area contributed by atoms with Crippen molar-refractivity contribution in [3.05, 3.63) is 0 Å². The second kappa shape index (κ2) is 8.48. The quantitative estimate of drug-likeness (QED) is 0.617. The summed E-state index contributed by atoms with van der Waals surface area (Å²) in [5.74, 6) is 0.0852. The number of hydrogen-bond acceptors (Lipinski definition) is 3. The molecule has 0 aliphatic heterocycles. The molecule has 0 heterocycles. The molecule has 1 aliphatic rings. The van der Waals surface area contributed by atoms with Gasteiger partial charge in [0.05, 0.1) is 12.7 Å². The zero-order chi connectivity index (χ0) is 12.5. The van der Waals surface area contributed by atoms with E-state index in [-0.39, 0.29) is 12.5 Å². The van der Waals surface area contributed by atoms with Gasteiger partial charge in [-0.15, -0.1) is 0 Å². The largest absolute Gasteiger partial charge is 0.394 e. The van der Waals surface area contributed by atoms with Crippen LogP contribution in [0.3, 0.4) is 0 Å². The number of hydrogen-bond donors (Lipinski definition) is 3. The Bertz CT molecular complexity index is 213. The summed E-state index contributed by atoms with van der Waals surface area (Å²) in [7, 11) is 0. The number of aliphatic hydroxyl groups is 2. The lowest BCUT2D eigenvalue weighted by Crippen LogP contribution is -2.34. The fraction of sp³-hybridized carbons (Fsp3) is 0.923. The molecule has 1 unspecified atom stereocenters. The minimum atomic E-state index is -0.680. The topological polar surface area (TPSA) is 69.6 Å². The lowest BCUT2D eigenvalue weighted by molar-refractivity contribution is -0.122. The Morgan fingerprint density at radius 3 is 2.47 bits per heavy atom. The lowest BCUT2D eigenvalue weighted by Gasteiger charge is -2.16. The fourth-order valence-electron chi connectivity index (χ4n) is 2.31. The molecule has 0 spiro atoms. The smallest absolute Gasteiger partial charge is 0.220 e. The number of carbonyl (C=O) groups is 1. The number of nitrogens with one attached hydrogen (secondary N) is 1. The third-order valence-electron chi connectivity index (χ3n) is 3.37. The first kappa shape index (κ1) is 14.5. The van der Waals surface area contributed by atoms with Crippen molar-refractivity contribution in [2.75, 3.05) is 6.61 Å². The summed E-state index contributed by atoms with van der Waals surface area (Å²) in [5, 5.41) is 20.9. The highest BCUT2D eigenvalue weighted by molar-refractivity contribution is 5.76. The van der Waals surface area contributed by atoms with E-state index in [0.29, 0.717) is 25.3 Å². The normalized spacial score (nSPS) is 19.6. The third-order valence-corrected chi connectivity index (χ3v) is 3.37. The summed E-state index contributed by atoms with van der Waals surface area (Å²) in [5.41, 5.74) is 0. The molecule has 4 nitrogen and oxygen atoms in total. The number of amides is 1. The molecule has 1 amide bonds. The van der Waals surface area contributed by atoms with E-state index >= 15 is 0 Å². The number of carbonyl (C=O) groups excluding carboxylic acids is 1. The van der Waals surface area contributed by atoms with Crippen LogP contribution in [0.5, 0.6) is 0 Å². The minimum Gasteiger partial charge on any atom is -0.394 e. The predicted octanol–water partition coefficient (Wildman–Crippen LogP) is 1.35. The summed E-state index contributed by atoms with van der Waals surface area (Å²) in [4.78, 5) is 11.6. The molecule has 0 bridgehead atoms. The Hall–Kier alpha value is -0.610. The number of rotatable bonds is 6. The molecule has 1 saturated carbocycles. The van der Waals surface area contributed by atoms with Crippen molar-refractivity contribution in [1.29, 1.82) is 0 Å². The van der Waals surface area contributed by atoms with Crippen LogP contribution in [0.2, 0.25) is 0 Å². The van der Waals surface area contributed by atoms with Gasteiger partial charge in [-0.05, 0) is 25.7 Å². The molecule has 1 atom stereocenters. The summed E-state index contributed by atoms with van der Waals surface area (Å²) in [6.07, 6.45) is 8.12. The molecule has 1 rings (SSSR count). The van der Waals surface area contributed by atoms with Crippen molar-refractivity contribution in [1.82, 2.24) is 5.32 Å². The predicted molar refractivity (Wildman–Crippen MR) is 66.6 cm³/mol. The van der Waals surface area contributed by atoms with Gasteiger partial charge in [0.2, 0.25) is 5.91 Å². The molecule has 4 heteroatoms. The maximum Gasteiger partial charge on any atom is 0.220 e. The highest BCUT2D eigenvalue weighted by atomic mass is 16.3. The molecule has 0 aromatic carbocycles. The van der Waals surface area contributed by atoms with Gasteiger partial charge in [0.15, 0.2) is 0 Å². The lowest BCUT2D eigenvalue weighted by atomic mass is 10.1. The summed E-state index contributed by atoms with van der Waals surface area (Å²) < 4.78 is 0. The van der Waals surface area contributed by atoms with Crippen LogP contribution in [0.1, 0.15) is 57.8 Å². The van der Waals surface area contributed by atoms with Crippen LogP contribution in [0.25, 0.3) is 0 Å². The van der Waals surface area contributed by atoms with Crippen LogP contribution >= 0.6 is 0 Å². The first-order valence-corrected chi connectivity index (χ1v) is 6.80. The maximum absolute atomic E-state index is 11.6. The Morgan fingerprint density at radius 1 is 1.24 bits per heavy atom. The molecular weight excluding hydrogens is 218 g/mol. The van der Waals surface area contributed by atoms with Crippen molar-refractivity contribution in [2.24, 2.45) is 0 Å². The van der Waals surface area contributed by atoms with E-state index in [2.05, 4.69) is 5.32 Å². The van der Waals surface area contributed by atoms with Crippen LogP contribution in [0.15, 0.2) is 0 Å². The molecule has 1 aliphatic carbocycles. The van der Waals surface area contributed by atoms with Crippen molar-refractivity contribution >= 4 is 5.91 Å². The van der Waals surface area contributed by atoms with Crippen LogP contribution in [-0.4, -0.2) is 34.9 Å². The van der Waals surface area contributed by atoms with E-state index in [9.17, 15) is 4.79 Å². The van der Waals surface area contributed by atoms with E-state index in [0.717, 1.165) is 12.8 Å². The van der Waals surface area contributed by atoms with Crippen molar-refractivity contribution in [3.8, 4) is 0 Å². The van der Waals surface area contributed by atoms with Crippen molar-refractivity contribution in [2.45, 2.75) is 69.9 Å². The molecule has 0 aromatic rings. The second-order valence-corrected chi connectivity index (χ2v) is 4.98. The molecule has 1 fully saturated rings. The highest BCUT2D eigenvalue weighted by Gasteiger charge is 2.14. The Kier molecular flexibility index (Phi) is 7.21. The van der Waals surface area contributed by atoms with Gasteiger partial charge in [-0.1, -0.05) is 25.7 Å². The fourth-order valence-corrected chi connectivity index (χ4v) is 2.31. The van der Waals surface area contributed by atoms with Gasteiger partial charge in [-0.2, -0.15) is 0 Å². The first-order valence-electron chi connectivity index (χ1n) is 6.80. The van der Waals surface area contributed by atoms with Crippen LogP contribution < -0.4 is 5.32 Å². The highest BCUT2D eigenvalue weighted by Crippen LogP contribution is 2.17. The van der Waals surface area contributed by atoms with E-state index in [4.69, 9.17) is 10.2 Å². The third kappa shape index (κ3) is 6.64. The summed E-state index contributed by atoms with van der Waals surface area (Å²) in [6.45, 7) is -0.218. The minimum absolute atomic E-state index is 0.0852. The monoisotopic (exact) mass is 243 g/mol. The SMILES string of the molecule is O=C(CCCC(O)CO)NC1CCCCCC1. The zero-order valence-corrected chi connectivity index (χ0v) is 10.5. The van der Waals surface area contributed by atoms with Gasteiger partial charge < -0.3 is 15.5 Å². The molecule has 0 aromatic heterocycles. The molecule has 100 valence electrons. The van der Waals surface area contributed by atoms with Gasteiger partial charge in [-0.25, -0.2) is 0 Å². The first-order chi connectivity index (χ1) is 8.22. The van der Waals surface area contributed by atoms with Gasteiger partial charge in [0.1, 0.15) is 0 Å². The molecule has 0 radical (unpaired) electrons. The van der Waals surface area contributed by atoms with E-state index in [1.807, 2.05) is 0 Å². The Labute approximate surface area is 103 Å².